The van der Waals surface area contributed by atoms with E-state index < -0.39 is 12.1 Å². The van der Waals surface area contributed by atoms with Crippen LogP contribution in [0.1, 0.15) is 60.5 Å². The van der Waals surface area contributed by atoms with Gasteiger partial charge in [-0.15, -0.1) is 0 Å². The van der Waals surface area contributed by atoms with Gasteiger partial charge in [0.15, 0.2) is 0 Å². The summed E-state index contributed by atoms with van der Waals surface area (Å²) in [6.45, 7) is 2.71. The number of benzene rings is 2. The summed E-state index contributed by atoms with van der Waals surface area (Å²) in [6, 6.07) is 17.4. The summed E-state index contributed by atoms with van der Waals surface area (Å²) in [7, 11) is 0. The normalized spacial score (nSPS) is 18.1. The van der Waals surface area contributed by atoms with Gasteiger partial charge >= 0.3 is 5.97 Å². The monoisotopic (exact) mass is 449 g/mol. The Morgan fingerprint density at radius 3 is 2.58 bits per heavy atom. The lowest BCUT2D eigenvalue weighted by Gasteiger charge is -2.23. The second-order valence-corrected chi connectivity index (χ2v) is 9.03. The highest BCUT2D eigenvalue weighted by molar-refractivity contribution is 5.87. The first kappa shape index (κ1) is 24.7. The quantitative estimate of drug-likeness (QED) is 0.453. The molecule has 0 bridgehead atoms. The molecule has 0 aromatic heterocycles. The molecule has 5 heteroatoms. The van der Waals surface area contributed by atoms with Crippen LogP contribution in [0.4, 0.5) is 0 Å². The van der Waals surface area contributed by atoms with Gasteiger partial charge in [-0.3, -0.25) is 4.79 Å². The van der Waals surface area contributed by atoms with Crippen LogP contribution in [0, 0.1) is 5.92 Å². The van der Waals surface area contributed by atoms with Gasteiger partial charge < -0.3 is 15.1 Å². The second-order valence-electron chi connectivity index (χ2n) is 9.03. The van der Waals surface area contributed by atoms with Crippen LogP contribution in [0.5, 0.6) is 0 Å². The molecule has 1 aliphatic rings. The van der Waals surface area contributed by atoms with Crippen LogP contribution in [-0.4, -0.2) is 45.7 Å². The fourth-order valence-corrected chi connectivity index (χ4v) is 4.44. The predicted molar refractivity (Wildman–Crippen MR) is 130 cm³/mol. The number of aryl methyl sites for hydroxylation is 2. The molecule has 3 rings (SSSR count). The maximum Gasteiger partial charge on any atom is 0.335 e. The molecule has 1 aliphatic heterocycles. The molecule has 0 saturated carbocycles. The predicted octanol–water partition coefficient (Wildman–Crippen LogP) is 4.88. The van der Waals surface area contributed by atoms with Crippen molar-refractivity contribution in [2.75, 3.05) is 6.54 Å². The second kappa shape index (κ2) is 12.4. The number of hydrogen-bond donors (Lipinski definition) is 2. The fraction of sp³-hybridized carbons (Fsp3) is 0.429. The number of rotatable bonds is 12. The molecule has 5 nitrogen and oxygen atoms in total. The zero-order chi connectivity index (χ0) is 23.6. The van der Waals surface area contributed by atoms with Crippen LogP contribution in [0.3, 0.4) is 0 Å². The third kappa shape index (κ3) is 7.57. The number of carbonyl (C=O) groups is 2. The lowest BCUT2D eigenvalue weighted by molar-refractivity contribution is -0.128. The van der Waals surface area contributed by atoms with Gasteiger partial charge in [0.2, 0.25) is 5.91 Å². The zero-order valence-electron chi connectivity index (χ0n) is 19.4. The molecule has 3 atom stereocenters. The number of aromatic carboxylic acids is 1. The van der Waals surface area contributed by atoms with Crippen LogP contribution in [-0.2, 0) is 17.6 Å². The van der Waals surface area contributed by atoms with Crippen molar-refractivity contribution in [3.05, 3.63) is 83.4 Å². The molecule has 0 spiro atoms. The van der Waals surface area contributed by atoms with Crippen LogP contribution in [0.15, 0.2) is 66.7 Å². The fourth-order valence-electron chi connectivity index (χ4n) is 4.44. The molecule has 1 amide bonds. The molecule has 2 aromatic rings. The van der Waals surface area contributed by atoms with Crippen molar-refractivity contribution in [1.82, 2.24) is 4.90 Å². The molecule has 2 N–H and O–H groups in total. The van der Waals surface area contributed by atoms with E-state index in [0.29, 0.717) is 13.0 Å². The van der Waals surface area contributed by atoms with E-state index in [0.717, 1.165) is 44.1 Å². The van der Waals surface area contributed by atoms with E-state index in [1.165, 1.54) is 5.56 Å². The Balaban J connectivity index is 1.45. The number of carbonyl (C=O) groups excluding carboxylic acids is 1. The highest BCUT2D eigenvalue weighted by Crippen LogP contribution is 2.22. The SMILES string of the molecule is C[C@@H](CCCc1ccccc1)[C@H](O)/C=C/[C@H]1CCC(=O)N1CCCc1cccc(C(=O)O)c1. The van der Waals surface area contributed by atoms with E-state index in [9.17, 15) is 14.7 Å². The Morgan fingerprint density at radius 2 is 1.82 bits per heavy atom. The van der Waals surface area contributed by atoms with Crippen molar-refractivity contribution in [2.45, 2.75) is 64.0 Å². The maximum absolute atomic E-state index is 12.4. The number of carboxylic acids is 1. The van der Waals surface area contributed by atoms with E-state index in [2.05, 4.69) is 31.2 Å². The number of amides is 1. The van der Waals surface area contributed by atoms with E-state index in [1.807, 2.05) is 29.2 Å². The van der Waals surface area contributed by atoms with Crippen LogP contribution >= 0.6 is 0 Å². The molecule has 0 radical (unpaired) electrons. The number of aliphatic hydroxyl groups excluding tert-OH is 1. The van der Waals surface area contributed by atoms with E-state index in [-0.39, 0.29) is 23.4 Å². The van der Waals surface area contributed by atoms with Gasteiger partial charge in [0.1, 0.15) is 0 Å². The minimum absolute atomic E-state index is 0.0222. The number of hydrogen-bond acceptors (Lipinski definition) is 3. The molecule has 176 valence electrons. The first-order valence-corrected chi connectivity index (χ1v) is 12.0. The summed E-state index contributed by atoms with van der Waals surface area (Å²) < 4.78 is 0. The summed E-state index contributed by atoms with van der Waals surface area (Å²) in [6.07, 6.45) is 9.15. The summed E-state index contributed by atoms with van der Waals surface area (Å²) in [5.74, 6) is -0.615. The Kier molecular flexibility index (Phi) is 9.25. The van der Waals surface area contributed by atoms with Gasteiger partial charge in [0.05, 0.1) is 17.7 Å². The topological polar surface area (TPSA) is 77.8 Å². The van der Waals surface area contributed by atoms with Gasteiger partial charge in [-0.25, -0.2) is 4.79 Å². The maximum atomic E-state index is 12.4. The van der Waals surface area contributed by atoms with Crippen molar-refractivity contribution in [1.29, 1.82) is 0 Å². The smallest absolute Gasteiger partial charge is 0.335 e. The number of aliphatic hydroxyl groups is 1. The van der Waals surface area contributed by atoms with Crippen molar-refractivity contribution >= 4 is 11.9 Å². The summed E-state index contributed by atoms with van der Waals surface area (Å²) in [5, 5.41) is 19.7. The molecular weight excluding hydrogens is 414 g/mol. The standard InChI is InChI=1S/C28H35NO4/c1-21(8-5-11-22-9-3-2-4-10-22)26(30)17-15-25-16-18-27(31)29(25)19-7-13-23-12-6-14-24(20-23)28(32)33/h2-4,6,9-10,12,14-15,17,20-21,25-26,30H,5,7-8,11,13,16,18-19H2,1H3,(H,32,33)/b17-15+/t21-,25-,26+/m0/s1. The highest BCUT2D eigenvalue weighted by Gasteiger charge is 2.28. The average molecular weight is 450 g/mol. The minimum Gasteiger partial charge on any atom is -0.478 e. The Bertz CT molecular complexity index is 940. The molecule has 33 heavy (non-hydrogen) atoms. The number of carboxylic acid groups (broad SMARTS) is 1. The molecule has 1 saturated heterocycles. The largest absolute Gasteiger partial charge is 0.478 e. The van der Waals surface area contributed by atoms with E-state index in [1.54, 1.807) is 18.2 Å². The van der Waals surface area contributed by atoms with Gasteiger partial charge in [-0.05, 0) is 67.7 Å². The third-order valence-corrected chi connectivity index (χ3v) is 6.49. The summed E-state index contributed by atoms with van der Waals surface area (Å²) >= 11 is 0. The molecule has 0 aliphatic carbocycles. The molecule has 1 heterocycles. The lowest BCUT2D eigenvalue weighted by Crippen LogP contribution is -2.33. The summed E-state index contributed by atoms with van der Waals surface area (Å²) in [5.41, 5.74) is 2.58. The molecular formula is C28H35NO4. The Morgan fingerprint density at radius 1 is 1.09 bits per heavy atom. The van der Waals surface area contributed by atoms with Crippen molar-refractivity contribution < 1.29 is 19.8 Å². The third-order valence-electron chi connectivity index (χ3n) is 6.49. The van der Waals surface area contributed by atoms with Crippen LogP contribution in [0.25, 0.3) is 0 Å². The average Bonchev–Trinajstić information content (AvgIpc) is 3.17. The van der Waals surface area contributed by atoms with Crippen molar-refractivity contribution in [3.8, 4) is 0 Å². The van der Waals surface area contributed by atoms with Crippen molar-refractivity contribution in [2.24, 2.45) is 5.92 Å². The van der Waals surface area contributed by atoms with E-state index >= 15 is 0 Å². The Hall–Kier alpha value is -2.92. The van der Waals surface area contributed by atoms with Gasteiger partial charge in [0.25, 0.3) is 0 Å². The van der Waals surface area contributed by atoms with Crippen LogP contribution in [0.2, 0.25) is 0 Å². The molecule has 2 aromatic carbocycles. The molecule has 0 unspecified atom stereocenters. The zero-order valence-corrected chi connectivity index (χ0v) is 19.4. The lowest BCUT2D eigenvalue weighted by atomic mass is 9.95. The first-order valence-electron chi connectivity index (χ1n) is 12.0. The summed E-state index contributed by atoms with van der Waals surface area (Å²) in [4.78, 5) is 25.4. The minimum atomic E-state index is -0.926. The number of nitrogens with zero attached hydrogens (tertiary/aromatic N) is 1. The van der Waals surface area contributed by atoms with Gasteiger partial charge in [-0.2, -0.15) is 0 Å². The highest BCUT2D eigenvalue weighted by atomic mass is 16.4. The van der Waals surface area contributed by atoms with Gasteiger partial charge in [0, 0.05) is 13.0 Å². The first-order chi connectivity index (χ1) is 15.9. The number of likely N-dealkylation sites (tertiary alicyclic amines) is 1. The Labute approximate surface area is 196 Å². The van der Waals surface area contributed by atoms with Crippen LogP contribution < -0.4 is 0 Å². The van der Waals surface area contributed by atoms with E-state index in [4.69, 9.17) is 5.11 Å². The molecule has 1 fully saturated rings. The van der Waals surface area contributed by atoms with Gasteiger partial charge in [-0.1, -0.05) is 61.5 Å². The van der Waals surface area contributed by atoms with Crippen molar-refractivity contribution in [3.63, 3.8) is 0 Å².